The second-order valence-electron chi connectivity index (χ2n) is 5.28. The molecule has 1 unspecified atom stereocenters. The zero-order valence-corrected chi connectivity index (χ0v) is 9.93. The third-order valence-electron chi connectivity index (χ3n) is 4.15. The first-order valence-corrected chi connectivity index (χ1v) is 6.53. The molecule has 1 N–H and O–H groups in total. The molecule has 0 amide bonds. The molecule has 3 rings (SSSR count). The molecule has 0 radical (unpaired) electrons. The molecule has 1 fully saturated rings. The van der Waals surface area contributed by atoms with Gasteiger partial charge in [-0.3, -0.25) is 4.79 Å². The number of rotatable bonds is 2. The second kappa shape index (κ2) is 4.17. The van der Waals surface area contributed by atoms with E-state index in [1.807, 2.05) is 0 Å². The summed E-state index contributed by atoms with van der Waals surface area (Å²) in [4.78, 5) is 15.7. The Morgan fingerprint density at radius 2 is 2.12 bits per heavy atom. The van der Waals surface area contributed by atoms with E-state index >= 15 is 0 Å². The van der Waals surface area contributed by atoms with Crippen LogP contribution in [0.25, 0.3) is 0 Å². The average molecular weight is 234 g/mol. The molecule has 1 aromatic heterocycles. The molecule has 0 spiro atoms. The average Bonchev–Trinajstić information content (AvgIpc) is 2.96. The monoisotopic (exact) mass is 234 g/mol. The van der Waals surface area contributed by atoms with Gasteiger partial charge in [0.25, 0.3) is 0 Å². The Labute approximate surface area is 101 Å². The van der Waals surface area contributed by atoms with E-state index < -0.39 is 5.97 Å². The Kier molecular flexibility index (Phi) is 2.65. The SMILES string of the molecule is O=C(O)C1CCn2cc(C3CCCC3)nc2C1. The van der Waals surface area contributed by atoms with Crippen molar-refractivity contribution in [1.82, 2.24) is 9.55 Å². The minimum atomic E-state index is -0.679. The molecule has 2 heterocycles. The molecule has 0 saturated heterocycles. The summed E-state index contributed by atoms with van der Waals surface area (Å²) in [5.74, 6) is 0.685. The summed E-state index contributed by atoms with van der Waals surface area (Å²) in [6.45, 7) is 0.812. The number of aliphatic carboxylic acids is 1. The third kappa shape index (κ3) is 1.96. The van der Waals surface area contributed by atoms with E-state index in [1.165, 1.54) is 31.4 Å². The van der Waals surface area contributed by atoms with Crippen molar-refractivity contribution in [3.63, 3.8) is 0 Å². The minimum Gasteiger partial charge on any atom is -0.481 e. The normalized spacial score (nSPS) is 24.8. The van der Waals surface area contributed by atoms with Gasteiger partial charge >= 0.3 is 5.97 Å². The highest BCUT2D eigenvalue weighted by atomic mass is 16.4. The molecule has 4 nitrogen and oxygen atoms in total. The standard InChI is InChI=1S/C13H18N2O2/c16-13(17)10-5-6-15-8-11(14-12(15)7-10)9-3-1-2-4-9/h8-10H,1-7H2,(H,16,17). The Bertz CT molecular complexity index is 433. The van der Waals surface area contributed by atoms with E-state index in [2.05, 4.69) is 15.7 Å². The topological polar surface area (TPSA) is 55.1 Å². The van der Waals surface area contributed by atoms with Crippen molar-refractivity contribution in [2.75, 3.05) is 0 Å². The van der Waals surface area contributed by atoms with Crippen LogP contribution in [0.5, 0.6) is 0 Å². The van der Waals surface area contributed by atoms with Crippen LogP contribution in [-0.2, 0) is 17.8 Å². The lowest BCUT2D eigenvalue weighted by molar-refractivity contribution is -0.142. The van der Waals surface area contributed by atoms with Crippen LogP contribution in [0.3, 0.4) is 0 Å². The predicted molar refractivity (Wildman–Crippen MR) is 62.9 cm³/mol. The number of hydrogen-bond acceptors (Lipinski definition) is 2. The van der Waals surface area contributed by atoms with E-state index in [0.717, 1.165) is 18.8 Å². The quantitative estimate of drug-likeness (QED) is 0.853. The predicted octanol–water partition coefficient (Wildman–Crippen LogP) is 2.19. The lowest BCUT2D eigenvalue weighted by Gasteiger charge is -2.19. The molecule has 1 aliphatic carbocycles. The summed E-state index contributed by atoms with van der Waals surface area (Å²) in [7, 11) is 0. The van der Waals surface area contributed by atoms with E-state index in [1.54, 1.807) is 0 Å². The maximum absolute atomic E-state index is 11.0. The number of carboxylic acids is 1. The van der Waals surface area contributed by atoms with Gasteiger partial charge in [-0.2, -0.15) is 0 Å². The van der Waals surface area contributed by atoms with Crippen molar-refractivity contribution in [1.29, 1.82) is 0 Å². The van der Waals surface area contributed by atoms with Crippen molar-refractivity contribution >= 4 is 5.97 Å². The van der Waals surface area contributed by atoms with Crippen molar-refractivity contribution in [3.8, 4) is 0 Å². The third-order valence-corrected chi connectivity index (χ3v) is 4.15. The number of imidazole rings is 1. The van der Waals surface area contributed by atoms with Gasteiger partial charge in [-0.05, 0) is 19.3 Å². The first-order valence-electron chi connectivity index (χ1n) is 6.53. The summed E-state index contributed by atoms with van der Waals surface area (Å²) in [6.07, 6.45) is 8.61. The Morgan fingerprint density at radius 3 is 2.82 bits per heavy atom. The zero-order chi connectivity index (χ0) is 11.8. The summed E-state index contributed by atoms with van der Waals surface area (Å²) in [5.41, 5.74) is 1.20. The summed E-state index contributed by atoms with van der Waals surface area (Å²) in [5, 5.41) is 9.05. The lowest BCUT2D eigenvalue weighted by Crippen LogP contribution is -2.25. The van der Waals surface area contributed by atoms with Crippen LogP contribution < -0.4 is 0 Å². The van der Waals surface area contributed by atoms with Gasteiger partial charge in [0.2, 0.25) is 0 Å². The van der Waals surface area contributed by atoms with Gasteiger partial charge in [0, 0.05) is 25.1 Å². The highest BCUT2D eigenvalue weighted by Gasteiger charge is 2.28. The number of aromatic nitrogens is 2. The molecule has 4 heteroatoms. The number of nitrogens with zero attached hydrogens (tertiary/aromatic N) is 2. The van der Waals surface area contributed by atoms with Crippen LogP contribution in [0.15, 0.2) is 6.20 Å². The van der Waals surface area contributed by atoms with E-state index in [-0.39, 0.29) is 5.92 Å². The van der Waals surface area contributed by atoms with Crippen LogP contribution in [-0.4, -0.2) is 20.6 Å². The van der Waals surface area contributed by atoms with Crippen LogP contribution >= 0.6 is 0 Å². The van der Waals surface area contributed by atoms with Gasteiger partial charge in [-0.15, -0.1) is 0 Å². The van der Waals surface area contributed by atoms with Gasteiger partial charge in [0.05, 0.1) is 11.6 Å². The molecular formula is C13H18N2O2. The van der Waals surface area contributed by atoms with Crippen LogP contribution in [0.1, 0.15) is 49.5 Å². The van der Waals surface area contributed by atoms with E-state index in [9.17, 15) is 4.79 Å². The summed E-state index contributed by atoms with van der Waals surface area (Å²) >= 11 is 0. The molecule has 0 bridgehead atoms. The minimum absolute atomic E-state index is 0.235. The maximum Gasteiger partial charge on any atom is 0.307 e. The molecule has 17 heavy (non-hydrogen) atoms. The van der Waals surface area contributed by atoms with Gasteiger partial charge in [-0.25, -0.2) is 4.98 Å². The van der Waals surface area contributed by atoms with E-state index in [4.69, 9.17) is 5.11 Å². The largest absolute Gasteiger partial charge is 0.481 e. The molecule has 0 aromatic carbocycles. The summed E-state index contributed by atoms with van der Waals surface area (Å²) in [6, 6.07) is 0. The van der Waals surface area contributed by atoms with Gasteiger partial charge in [-0.1, -0.05) is 12.8 Å². The fourth-order valence-corrected chi connectivity index (χ4v) is 3.08. The molecule has 1 aromatic rings. The fraction of sp³-hybridized carbons (Fsp3) is 0.692. The first kappa shape index (κ1) is 10.8. The molecule has 1 atom stereocenters. The smallest absolute Gasteiger partial charge is 0.307 e. The molecule has 2 aliphatic rings. The first-order chi connectivity index (χ1) is 8.24. The summed E-state index contributed by atoms with van der Waals surface area (Å²) < 4.78 is 2.16. The zero-order valence-electron chi connectivity index (χ0n) is 9.93. The van der Waals surface area contributed by atoms with Crippen LogP contribution in [0, 0.1) is 5.92 Å². The van der Waals surface area contributed by atoms with Crippen molar-refractivity contribution in [3.05, 3.63) is 17.7 Å². The molecule has 92 valence electrons. The van der Waals surface area contributed by atoms with Gasteiger partial charge < -0.3 is 9.67 Å². The van der Waals surface area contributed by atoms with Crippen molar-refractivity contribution < 1.29 is 9.90 Å². The number of carbonyl (C=O) groups is 1. The molecule has 1 aliphatic heterocycles. The highest BCUT2D eigenvalue weighted by molar-refractivity contribution is 5.70. The number of aryl methyl sites for hydroxylation is 1. The molecule has 1 saturated carbocycles. The van der Waals surface area contributed by atoms with E-state index in [0.29, 0.717) is 12.3 Å². The second-order valence-corrected chi connectivity index (χ2v) is 5.28. The van der Waals surface area contributed by atoms with Gasteiger partial charge in [0.1, 0.15) is 5.82 Å². The Morgan fingerprint density at radius 1 is 1.35 bits per heavy atom. The Balaban J connectivity index is 1.81. The Hall–Kier alpha value is -1.32. The highest BCUT2D eigenvalue weighted by Crippen LogP contribution is 2.34. The number of hydrogen-bond donors (Lipinski definition) is 1. The maximum atomic E-state index is 11.0. The van der Waals surface area contributed by atoms with Crippen LogP contribution in [0.2, 0.25) is 0 Å². The van der Waals surface area contributed by atoms with Crippen molar-refractivity contribution in [2.24, 2.45) is 5.92 Å². The van der Waals surface area contributed by atoms with Crippen molar-refractivity contribution in [2.45, 2.75) is 51.0 Å². The van der Waals surface area contributed by atoms with Crippen LogP contribution in [0.4, 0.5) is 0 Å². The lowest BCUT2D eigenvalue weighted by atomic mass is 9.98. The number of carboxylic acid groups (broad SMARTS) is 1. The van der Waals surface area contributed by atoms with Gasteiger partial charge in [0.15, 0.2) is 0 Å². The molecular weight excluding hydrogens is 216 g/mol. The fourth-order valence-electron chi connectivity index (χ4n) is 3.08. The number of fused-ring (bicyclic) bond motifs is 1.